The second kappa shape index (κ2) is 6.37. The molecule has 0 heterocycles. The Morgan fingerprint density at radius 2 is 2.00 bits per heavy atom. The number of hydrogen-bond donors (Lipinski definition) is 0. The molecular formula is C16H18O4. The molecule has 2 atom stereocenters. The van der Waals surface area contributed by atoms with Crippen molar-refractivity contribution in [1.29, 1.82) is 0 Å². The first-order valence-electron chi connectivity index (χ1n) is 6.67. The Bertz CT molecular complexity index is 519. The number of allylic oxidation sites excluding steroid dienone is 2. The average Bonchev–Trinajstić information content (AvgIpc) is 2.47. The van der Waals surface area contributed by atoms with E-state index in [-0.39, 0.29) is 11.7 Å². The van der Waals surface area contributed by atoms with Crippen LogP contribution in [0.3, 0.4) is 0 Å². The number of esters is 1. The third-order valence-corrected chi connectivity index (χ3v) is 3.45. The van der Waals surface area contributed by atoms with Gasteiger partial charge in [0.05, 0.1) is 13.7 Å². The minimum atomic E-state index is -0.786. The predicted octanol–water partition coefficient (Wildman–Crippen LogP) is 2.45. The van der Waals surface area contributed by atoms with E-state index in [0.717, 1.165) is 5.56 Å². The Hall–Kier alpha value is -2.10. The van der Waals surface area contributed by atoms with Crippen LogP contribution in [0, 0.1) is 5.92 Å². The molecule has 0 unspecified atom stereocenters. The molecule has 1 aromatic rings. The molecule has 0 radical (unpaired) electrons. The molecule has 1 aliphatic rings. The number of carbonyl (C=O) groups excluding carboxylic acids is 2. The van der Waals surface area contributed by atoms with Gasteiger partial charge in [0.2, 0.25) is 0 Å². The number of hydrogen-bond acceptors (Lipinski definition) is 4. The van der Waals surface area contributed by atoms with Crippen LogP contribution in [0.25, 0.3) is 0 Å². The van der Waals surface area contributed by atoms with Crippen molar-refractivity contribution in [3.63, 3.8) is 0 Å². The Morgan fingerprint density at radius 3 is 2.60 bits per heavy atom. The average molecular weight is 274 g/mol. The highest BCUT2D eigenvalue weighted by Crippen LogP contribution is 2.36. The molecule has 1 aromatic carbocycles. The minimum Gasteiger partial charge on any atom is -0.498 e. The van der Waals surface area contributed by atoms with Gasteiger partial charge in [0.1, 0.15) is 11.7 Å². The number of carbonyl (C=O) groups is 2. The van der Waals surface area contributed by atoms with E-state index in [1.165, 1.54) is 13.2 Å². The molecule has 4 heteroatoms. The molecule has 0 fully saturated rings. The number of ether oxygens (including phenoxy) is 2. The van der Waals surface area contributed by atoms with Crippen LogP contribution >= 0.6 is 0 Å². The lowest BCUT2D eigenvalue weighted by Gasteiger charge is -2.28. The highest BCUT2D eigenvalue weighted by atomic mass is 16.5. The zero-order valence-corrected chi connectivity index (χ0v) is 11.7. The van der Waals surface area contributed by atoms with Crippen molar-refractivity contribution < 1.29 is 19.1 Å². The molecule has 0 aliphatic heterocycles. The number of ketones is 1. The zero-order valence-electron chi connectivity index (χ0n) is 11.7. The smallest absolute Gasteiger partial charge is 0.317 e. The molecule has 106 valence electrons. The molecule has 0 amide bonds. The summed E-state index contributed by atoms with van der Waals surface area (Å²) in [5, 5.41) is 0. The van der Waals surface area contributed by atoms with E-state index in [9.17, 15) is 9.59 Å². The number of benzene rings is 1. The molecular weight excluding hydrogens is 256 g/mol. The summed E-state index contributed by atoms with van der Waals surface area (Å²) in [6, 6.07) is 9.53. The van der Waals surface area contributed by atoms with Crippen LogP contribution in [-0.2, 0) is 19.1 Å². The largest absolute Gasteiger partial charge is 0.498 e. The summed E-state index contributed by atoms with van der Waals surface area (Å²) in [5.41, 5.74) is 0.946. The molecule has 0 bridgehead atoms. The van der Waals surface area contributed by atoms with Gasteiger partial charge in [-0.05, 0) is 12.5 Å². The van der Waals surface area contributed by atoms with Crippen molar-refractivity contribution in [1.82, 2.24) is 0 Å². The topological polar surface area (TPSA) is 52.6 Å². The SMILES string of the molecule is CCOC1=CC(=O)[C@@H](C(=O)OC)[C@@H](c2ccccc2)C1. The molecule has 0 saturated carbocycles. The van der Waals surface area contributed by atoms with Gasteiger partial charge in [-0.1, -0.05) is 30.3 Å². The third kappa shape index (κ3) is 2.90. The third-order valence-electron chi connectivity index (χ3n) is 3.45. The molecule has 0 saturated heterocycles. The van der Waals surface area contributed by atoms with Crippen LogP contribution in [0.1, 0.15) is 24.8 Å². The maximum atomic E-state index is 12.2. The summed E-state index contributed by atoms with van der Waals surface area (Å²) in [7, 11) is 1.31. The molecule has 4 nitrogen and oxygen atoms in total. The standard InChI is InChI=1S/C16H18O4/c1-3-20-12-9-13(11-7-5-4-6-8-11)15(14(17)10-12)16(18)19-2/h4-8,10,13,15H,3,9H2,1-2H3/t13-,15+/m1/s1. The Morgan fingerprint density at radius 1 is 1.30 bits per heavy atom. The lowest BCUT2D eigenvalue weighted by atomic mass is 9.77. The number of methoxy groups -OCH3 is 1. The maximum Gasteiger partial charge on any atom is 0.317 e. The molecule has 1 aliphatic carbocycles. The first-order chi connectivity index (χ1) is 9.67. The van der Waals surface area contributed by atoms with Gasteiger partial charge in [0.25, 0.3) is 0 Å². The maximum absolute atomic E-state index is 12.2. The van der Waals surface area contributed by atoms with Gasteiger partial charge in [-0.15, -0.1) is 0 Å². The summed E-state index contributed by atoms with van der Waals surface area (Å²) in [4.78, 5) is 24.1. The van der Waals surface area contributed by atoms with Crippen LogP contribution in [0.2, 0.25) is 0 Å². The second-order valence-electron chi connectivity index (χ2n) is 4.67. The van der Waals surface area contributed by atoms with Crippen LogP contribution in [0.4, 0.5) is 0 Å². The lowest BCUT2D eigenvalue weighted by molar-refractivity contribution is -0.149. The monoisotopic (exact) mass is 274 g/mol. The Labute approximate surface area is 118 Å². The van der Waals surface area contributed by atoms with Crippen LogP contribution in [0.15, 0.2) is 42.2 Å². The van der Waals surface area contributed by atoms with Crippen LogP contribution in [-0.4, -0.2) is 25.5 Å². The minimum absolute atomic E-state index is 0.234. The molecule has 20 heavy (non-hydrogen) atoms. The fourth-order valence-electron chi connectivity index (χ4n) is 2.54. The van der Waals surface area contributed by atoms with Crippen molar-refractivity contribution in [2.75, 3.05) is 13.7 Å². The van der Waals surface area contributed by atoms with E-state index >= 15 is 0 Å². The highest BCUT2D eigenvalue weighted by molar-refractivity contribution is 6.06. The van der Waals surface area contributed by atoms with Crippen LogP contribution < -0.4 is 0 Å². The second-order valence-corrected chi connectivity index (χ2v) is 4.67. The summed E-state index contributed by atoms with van der Waals surface area (Å²) in [5.74, 6) is -1.13. The van der Waals surface area contributed by atoms with Crippen molar-refractivity contribution in [3.8, 4) is 0 Å². The van der Waals surface area contributed by atoms with Crippen LogP contribution in [0.5, 0.6) is 0 Å². The normalized spacial score (nSPS) is 22.1. The van der Waals surface area contributed by atoms with Gasteiger partial charge in [-0.3, -0.25) is 9.59 Å². The van der Waals surface area contributed by atoms with E-state index in [2.05, 4.69) is 0 Å². The fourth-order valence-corrected chi connectivity index (χ4v) is 2.54. The Balaban J connectivity index is 2.37. The van der Waals surface area contributed by atoms with Gasteiger partial charge < -0.3 is 9.47 Å². The first-order valence-corrected chi connectivity index (χ1v) is 6.67. The van der Waals surface area contributed by atoms with Gasteiger partial charge in [0.15, 0.2) is 5.78 Å². The van der Waals surface area contributed by atoms with Gasteiger partial charge in [0, 0.05) is 18.4 Å². The first kappa shape index (κ1) is 14.3. The van der Waals surface area contributed by atoms with E-state index in [1.807, 2.05) is 37.3 Å². The van der Waals surface area contributed by atoms with E-state index in [1.54, 1.807) is 0 Å². The summed E-state index contributed by atoms with van der Waals surface area (Å²) < 4.78 is 10.2. The fraction of sp³-hybridized carbons (Fsp3) is 0.375. The lowest BCUT2D eigenvalue weighted by Crippen LogP contribution is -2.34. The van der Waals surface area contributed by atoms with Crippen molar-refractivity contribution in [2.45, 2.75) is 19.3 Å². The van der Waals surface area contributed by atoms with E-state index in [4.69, 9.17) is 9.47 Å². The Kier molecular flexibility index (Phi) is 4.56. The van der Waals surface area contributed by atoms with Crippen molar-refractivity contribution >= 4 is 11.8 Å². The number of rotatable bonds is 4. The molecule has 0 N–H and O–H groups in total. The quantitative estimate of drug-likeness (QED) is 0.625. The molecule has 0 aromatic heterocycles. The van der Waals surface area contributed by atoms with Crippen molar-refractivity contribution in [2.24, 2.45) is 5.92 Å². The van der Waals surface area contributed by atoms with E-state index < -0.39 is 11.9 Å². The van der Waals surface area contributed by atoms with Gasteiger partial charge in [-0.2, -0.15) is 0 Å². The van der Waals surface area contributed by atoms with E-state index in [0.29, 0.717) is 18.8 Å². The van der Waals surface area contributed by atoms with Gasteiger partial charge in [-0.25, -0.2) is 0 Å². The predicted molar refractivity (Wildman–Crippen MR) is 74.0 cm³/mol. The van der Waals surface area contributed by atoms with Crippen molar-refractivity contribution in [3.05, 3.63) is 47.7 Å². The highest BCUT2D eigenvalue weighted by Gasteiger charge is 2.39. The molecule has 0 spiro atoms. The zero-order chi connectivity index (χ0) is 14.5. The summed E-state index contributed by atoms with van der Waals surface area (Å²) >= 11 is 0. The summed E-state index contributed by atoms with van der Waals surface area (Å²) in [6.45, 7) is 2.37. The molecule has 2 rings (SSSR count). The van der Waals surface area contributed by atoms with Gasteiger partial charge >= 0.3 is 5.97 Å². The summed E-state index contributed by atoms with van der Waals surface area (Å²) in [6.07, 6.45) is 1.95.